The Labute approximate surface area is 158 Å². The zero-order chi connectivity index (χ0) is 19.0. The predicted octanol–water partition coefficient (Wildman–Crippen LogP) is 3.30. The van der Waals surface area contributed by atoms with Crippen LogP contribution in [-0.2, 0) is 14.8 Å². The van der Waals surface area contributed by atoms with Crippen LogP contribution in [0.15, 0.2) is 53.4 Å². The third-order valence-electron chi connectivity index (χ3n) is 3.47. The Hall–Kier alpha value is -2.09. The van der Waals surface area contributed by atoms with Crippen LogP contribution in [0.25, 0.3) is 0 Å². The molecule has 0 saturated carbocycles. The molecule has 26 heavy (non-hydrogen) atoms. The van der Waals surface area contributed by atoms with Gasteiger partial charge in [0.2, 0.25) is 0 Å². The highest BCUT2D eigenvalue weighted by Crippen LogP contribution is 2.23. The zero-order valence-corrected chi connectivity index (χ0v) is 15.9. The summed E-state index contributed by atoms with van der Waals surface area (Å²) in [5.74, 6) is -0.368. The van der Waals surface area contributed by atoms with Gasteiger partial charge < -0.3 is 10.1 Å². The molecule has 0 spiro atoms. The lowest BCUT2D eigenvalue weighted by Gasteiger charge is -2.11. The standard InChI is InChI=1S/C18H21ClN2O4S/c1-2-25-12-6-11-20-18(22)16-13-14(9-10-17(16)19)21-26(23,24)15-7-4-3-5-8-15/h3-5,7-10,13,21H,2,6,11-12H2,1H3,(H,20,22). The number of hydrogen-bond acceptors (Lipinski definition) is 4. The summed E-state index contributed by atoms with van der Waals surface area (Å²) in [6.45, 7) is 3.53. The van der Waals surface area contributed by atoms with Crippen molar-refractivity contribution in [3.05, 3.63) is 59.1 Å². The summed E-state index contributed by atoms with van der Waals surface area (Å²) >= 11 is 6.08. The Morgan fingerprint density at radius 2 is 1.88 bits per heavy atom. The molecule has 0 radical (unpaired) electrons. The maximum atomic E-state index is 12.4. The highest BCUT2D eigenvalue weighted by molar-refractivity contribution is 7.92. The van der Waals surface area contributed by atoms with Crippen LogP contribution in [0.2, 0.25) is 5.02 Å². The quantitative estimate of drug-likeness (QED) is 0.637. The molecule has 2 N–H and O–H groups in total. The molecule has 0 unspecified atom stereocenters. The molecule has 8 heteroatoms. The first kappa shape index (κ1) is 20.2. The molecule has 0 bridgehead atoms. The van der Waals surface area contributed by atoms with Crippen molar-refractivity contribution in [2.75, 3.05) is 24.5 Å². The van der Waals surface area contributed by atoms with Gasteiger partial charge in [0.15, 0.2) is 0 Å². The topological polar surface area (TPSA) is 84.5 Å². The largest absolute Gasteiger partial charge is 0.382 e. The molecule has 0 heterocycles. The number of sulfonamides is 1. The van der Waals surface area contributed by atoms with Crippen molar-refractivity contribution < 1.29 is 17.9 Å². The molecule has 0 saturated heterocycles. The van der Waals surface area contributed by atoms with Gasteiger partial charge in [-0.25, -0.2) is 8.42 Å². The molecule has 0 aliphatic carbocycles. The summed E-state index contributed by atoms with van der Waals surface area (Å²) in [6.07, 6.45) is 0.678. The maximum Gasteiger partial charge on any atom is 0.261 e. The van der Waals surface area contributed by atoms with Crippen molar-refractivity contribution >= 4 is 33.2 Å². The lowest BCUT2D eigenvalue weighted by atomic mass is 10.2. The van der Waals surface area contributed by atoms with Crippen LogP contribution < -0.4 is 10.0 Å². The van der Waals surface area contributed by atoms with E-state index in [1.54, 1.807) is 18.2 Å². The molecule has 0 aromatic heterocycles. The molecule has 0 atom stereocenters. The third kappa shape index (κ3) is 5.72. The Bertz CT molecular complexity index is 842. The number of carbonyl (C=O) groups excluding carboxylic acids is 1. The number of halogens is 1. The van der Waals surface area contributed by atoms with Crippen LogP contribution in [0, 0.1) is 0 Å². The number of nitrogens with one attached hydrogen (secondary N) is 2. The predicted molar refractivity (Wildman–Crippen MR) is 102 cm³/mol. The van der Waals surface area contributed by atoms with Crippen LogP contribution in [0.1, 0.15) is 23.7 Å². The van der Waals surface area contributed by atoms with E-state index in [0.29, 0.717) is 26.2 Å². The van der Waals surface area contributed by atoms with Crippen LogP contribution in [0.4, 0.5) is 5.69 Å². The van der Waals surface area contributed by atoms with Crippen molar-refractivity contribution in [3.8, 4) is 0 Å². The van der Waals surface area contributed by atoms with Crippen LogP contribution >= 0.6 is 11.6 Å². The van der Waals surface area contributed by atoms with Gasteiger partial charge in [0, 0.05) is 25.4 Å². The second kappa shape index (κ2) is 9.56. The molecule has 6 nitrogen and oxygen atoms in total. The van der Waals surface area contributed by atoms with E-state index in [9.17, 15) is 13.2 Å². The Balaban J connectivity index is 2.08. The number of benzene rings is 2. The summed E-state index contributed by atoms with van der Waals surface area (Å²) in [4.78, 5) is 12.4. The highest BCUT2D eigenvalue weighted by atomic mass is 35.5. The number of amides is 1. The summed E-state index contributed by atoms with van der Waals surface area (Å²) in [6, 6.07) is 12.4. The van der Waals surface area contributed by atoms with E-state index in [0.717, 1.165) is 0 Å². The molecule has 2 aromatic carbocycles. The smallest absolute Gasteiger partial charge is 0.261 e. The van der Waals surface area contributed by atoms with E-state index in [-0.39, 0.29) is 27.1 Å². The van der Waals surface area contributed by atoms with Crippen molar-refractivity contribution in [1.29, 1.82) is 0 Å². The minimum absolute atomic E-state index is 0.136. The van der Waals surface area contributed by atoms with Crippen LogP contribution in [0.3, 0.4) is 0 Å². The van der Waals surface area contributed by atoms with E-state index in [4.69, 9.17) is 16.3 Å². The van der Waals surface area contributed by atoms with E-state index < -0.39 is 10.0 Å². The average Bonchev–Trinajstić information content (AvgIpc) is 2.63. The molecule has 0 fully saturated rings. The molecule has 0 aliphatic rings. The number of carbonyl (C=O) groups is 1. The highest BCUT2D eigenvalue weighted by Gasteiger charge is 2.16. The number of hydrogen-bond donors (Lipinski definition) is 2. The lowest BCUT2D eigenvalue weighted by Crippen LogP contribution is -2.25. The van der Waals surface area contributed by atoms with Crippen molar-refractivity contribution in [1.82, 2.24) is 5.32 Å². The van der Waals surface area contributed by atoms with E-state index in [1.165, 1.54) is 30.3 Å². The Kier molecular flexibility index (Phi) is 7.44. The van der Waals surface area contributed by atoms with Crippen LogP contribution in [0.5, 0.6) is 0 Å². The monoisotopic (exact) mass is 396 g/mol. The number of rotatable bonds is 9. The van der Waals surface area contributed by atoms with E-state index in [2.05, 4.69) is 10.0 Å². The van der Waals surface area contributed by atoms with Crippen molar-refractivity contribution in [3.63, 3.8) is 0 Å². The fourth-order valence-corrected chi connectivity index (χ4v) is 3.47. The Morgan fingerprint density at radius 3 is 2.58 bits per heavy atom. The van der Waals surface area contributed by atoms with Crippen LogP contribution in [-0.4, -0.2) is 34.1 Å². The minimum atomic E-state index is -3.74. The van der Waals surface area contributed by atoms with Gasteiger partial charge in [-0.15, -0.1) is 0 Å². The molecular formula is C18H21ClN2O4S. The Morgan fingerprint density at radius 1 is 1.15 bits per heavy atom. The molecular weight excluding hydrogens is 376 g/mol. The third-order valence-corrected chi connectivity index (χ3v) is 5.20. The molecule has 140 valence electrons. The minimum Gasteiger partial charge on any atom is -0.382 e. The second-order valence-corrected chi connectivity index (χ2v) is 7.51. The van der Waals surface area contributed by atoms with Crippen molar-refractivity contribution in [2.24, 2.45) is 0 Å². The fraction of sp³-hybridized carbons (Fsp3) is 0.278. The van der Waals surface area contributed by atoms with Gasteiger partial charge in [0.1, 0.15) is 0 Å². The lowest BCUT2D eigenvalue weighted by molar-refractivity contribution is 0.0944. The molecule has 2 rings (SSSR count). The first-order valence-corrected chi connectivity index (χ1v) is 10.0. The summed E-state index contributed by atoms with van der Waals surface area (Å²) in [5.41, 5.74) is 0.467. The van der Waals surface area contributed by atoms with E-state index >= 15 is 0 Å². The second-order valence-electron chi connectivity index (χ2n) is 5.42. The average molecular weight is 397 g/mol. The maximum absolute atomic E-state index is 12.4. The number of ether oxygens (including phenoxy) is 1. The first-order chi connectivity index (χ1) is 12.4. The summed E-state index contributed by atoms with van der Waals surface area (Å²) in [5, 5.41) is 2.99. The van der Waals surface area contributed by atoms with Crippen molar-refractivity contribution in [2.45, 2.75) is 18.2 Å². The normalized spacial score (nSPS) is 11.2. The zero-order valence-electron chi connectivity index (χ0n) is 14.4. The van der Waals surface area contributed by atoms with Gasteiger partial charge in [-0.1, -0.05) is 29.8 Å². The van der Waals surface area contributed by atoms with E-state index in [1.807, 2.05) is 6.92 Å². The van der Waals surface area contributed by atoms with Gasteiger partial charge in [-0.05, 0) is 43.7 Å². The van der Waals surface area contributed by atoms with Gasteiger partial charge in [0.05, 0.1) is 15.5 Å². The summed E-state index contributed by atoms with van der Waals surface area (Å²) < 4.78 is 32.4. The van der Waals surface area contributed by atoms with Gasteiger partial charge >= 0.3 is 0 Å². The molecule has 1 amide bonds. The first-order valence-electron chi connectivity index (χ1n) is 8.17. The van der Waals surface area contributed by atoms with Gasteiger partial charge in [-0.3, -0.25) is 9.52 Å². The SMILES string of the molecule is CCOCCCNC(=O)c1cc(NS(=O)(=O)c2ccccc2)ccc1Cl. The molecule has 2 aromatic rings. The van der Waals surface area contributed by atoms with Gasteiger partial charge in [-0.2, -0.15) is 0 Å². The van der Waals surface area contributed by atoms with Gasteiger partial charge in [0.25, 0.3) is 15.9 Å². The summed E-state index contributed by atoms with van der Waals surface area (Å²) in [7, 11) is -3.74. The number of anilines is 1. The fourth-order valence-electron chi connectivity index (χ4n) is 2.19. The molecule has 0 aliphatic heterocycles.